The van der Waals surface area contributed by atoms with Crippen LogP contribution in [0.2, 0.25) is 0 Å². The molecule has 0 radical (unpaired) electrons. The fourth-order valence-electron chi connectivity index (χ4n) is 2.80. The molecular weight excluding hydrogens is 274 g/mol. The van der Waals surface area contributed by atoms with Gasteiger partial charge in [-0.25, -0.2) is 4.79 Å². The fraction of sp³-hybridized carbons (Fsp3) is 0.643. The number of hydrogen-bond donors (Lipinski definition) is 2. The fourth-order valence-corrected chi connectivity index (χ4v) is 2.80. The molecule has 2 atom stereocenters. The van der Waals surface area contributed by atoms with Gasteiger partial charge in [0.05, 0.1) is 0 Å². The summed E-state index contributed by atoms with van der Waals surface area (Å²) < 4.78 is 5.17. The van der Waals surface area contributed by atoms with Crippen molar-refractivity contribution in [2.24, 2.45) is 0 Å². The third-order valence-corrected chi connectivity index (χ3v) is 4.20. The van der Waals surface area contributed by atoms with E-state index in [2.05, 4.69) is 10.5 Å². The Morgan fingerprint density at radius 1 is 1.43 bits per heavy atom. The van der Waals surface area contributed by atoms with Crippen LogP contribution in [0.3, 0.4) is 0 Å². The molecule has 0 unspecified atom stereocenters. The molecule has 1 aromatic heterocycles. The molecule has 2 amide bonds. The van der Waals surface area contributed by atoms with Crippen LogP contribution in [0.5, 0.6) is 0 Å². The van der Waals surface area contributed by atoms with Crippen molar-refractivity contribution in [2.45, 2.75) is 50.6 Å². The molecule has 114 valence electrons. The molecule has 7 heteroatoms. The molecule has 0 spiro atoms. The molecule has 3 rings (SSSR count). The van der Waals surface area contributed by atoms with Crippen molar-refractivity contribution in [2.75, 3.05) is 6.54 Å². The minimum absolute atomic E-state index is 0.0239. The molecule has 0 aromatic carbocycles. The summed E-state index contributed by atoms with van der Waals surface area (Å²) in [5, 5.41) is 15.8. The number of likely N-dealkylation sites (tertiary alicyclic amines) is 1. The predicted octanol–water partition coefficient (Wildman–Crippen LogP) is 1.81. The molecule has 1 aromatic rings. The molecule has 1 saturated heterocycles. The topological polar surface area (TPSA) is 95.7 Å². The molecule has 2 heterocycles. The van der Waals surface area contributed by atoms with Crippen LogP contribution in [0.25, 0.3) is 0 Å². The second-order valence-corrected chi connectivity index (χ2v) is 5.91. The number of aromatic nitrogens is 1. The minimum Gasteiger partial charge on any atom is -0.465 e. The summed E-state index contributed by atoms with van der Waals surface area (Å²) in [6.07, 6.45) is 2.53. The van der Waals surface area contributed by atoms with Crippen molar-refractivity contribution in [3.63, 3.8) is 0 Å². The highest BCUT2D eigenvalue weighted by Crippen LogP contribution is 2.40. The van der Waals surface area contributed by atoms with E-state index in [9.17, 15) is 9.59 Å². The first-order valence-electron chi connectivity index (χ1n) is 7.31. The number of nitrogens with one attached hydrogen (secondary N) is 1. The molecule has 0 bridgehead atoms. The van der Waals surface area contributed by atoms with Crippen LogP contribution in [-0.2, 0) is 0 Å². The van der Waals surface area contributed by atoms with E-state index in [-0.39, 0.29) is 18.0 Å². The number of hydrogen-bond acceptors (Lipinski definition) is 4. The van der Waals surface area contributed by atoms with Gasteiger partial charge >= 0.3 is 6.09 Å². The smallest absolute Gasteiger partial charge is 0.407 e. The highest BCUT2D eigenvalue weighted by molar-refractivity contribution is 5.92. The first-order chi connectivity index (χ1) is 10.0. The quantitative estimate of drug-likeness (QED) is 0.886. The number of carbonyl (C=O) groups excluding carboxylic acids is 1. The Bertz CT molecular complexity index is 552. The summed E-state index contributed by atoms with van der Waals surface area (Å²) in [4.78, 5) is 24.5. The highest BCUT2D eigenvalue weighted by Gasteiger charge is 2.31. The van der Waals surface area contributed by atoms with Gasteiger partial charge in [-0.15, -0.1) is 0 Å². The van der Waals surface area contributed by atoms with Crippen molar-refractivity contribution in [1.29, 1.82) is 0 Å². The maximum Gasteiger partial charge on any atom is 0.407 e. The van der Waals surface area contributed by atoms with Gasteiger partial charge in [0, 0.05) is 30.6 Å². The van der Waals surface area contributed by atoms with Crippen molar-refractivity contribution in [3.05, 3.63) is 17.5 Å². The van der Waals surface area contributed by atoms with E-state index < -0.39 is 6.09 Å². The molecular formula is C14H19N3O4. The van der Waals surface area contributed by atoms with Crippen molar-refractivity contribution < 1.29 is 19.2 Å². The number of amides is 2. The third-order valence-electron chi connectivity index (χ3n) is 4.20. The van der Waals surface area contributed by atoms with E-state index in [1.54, 1.807) is 6.07 Å². The van der Waals surface area contributed by atoms with Gasteiger partial charge in [-0.05, 0) is 32.6 Å². The lowest BCUT2D eigenvalue weighted by Gasteiger charge is -2.35. The van der Waals surface area contributed by atoms with Gasteiger partial charge in [-0.3, -0.25) is 4.79 Å². The van der Waals surface area contributed by atoms with E-state index in [0.29, 0.717) is 31.0 Å². The number of nitrogens with zero attached hydrogens (tertiary/aromatic N) is 2. The van der Waals surface area contributed by atoms with Crippen LogP contribution >= 0.6 is 0 Å². The number of carbonyl (C=O) groups is 2. The monoisotopic (exact) mass is 293 g/mol. The summed E-state index contributed by atoms with van der Waals surface area (Å²) in [6, 6.07) is 1.59. The van der Waals surface area contributed by atoms with Crippen LogP contribution in [0.15, 0.2) is 10.6 Å². The van der Waals surface area contributed by atoms with E-state index in [1.807, 2.05) is 6.92 Å². The maximum absolute atomic E-state index is 12.1. The molecule has 1 aliphatic heterocycles. The Labute approximate surface area is 122 Å². The lowest BCUT2D eigenvalue weighted by molar-refractivity contribution is 0.0848. The first-order valence-corrected chi connectivity index (χ1v) is 7.31. The third kappa shape index (κ3) is 3.01. The highest BCUT2D eigenvalue weighted by atomic mass is 16.5. The SMILES string of the molecule is C[C@H]1C[C@H](NC(=O)c2cc(C3CC3)on2)CCN1C(=O)O. The van der Waals surface area contributed by atoms with Crippen LogP contribution in [0.1, 0.15) is 54.8 Å². The predicted molar refractivity (Wildman–Crippen MR) is 73.2 cm³/mol. The van der Waals surface area contributed by atoms with E-state index >= 15 is 0 Å². The summed E-state index contributed by atoms with van der Waals surface area (Å²) in [5.41, 5.74) is 0.310. The van der Waals surface area contributed by atoms with Gasteiger partial charge in [0.15, 0.2) is 5.69 Å². The zero-order valence-electron chi connectivity index (χ0n) is 11.9. The van der Waals surface area contributed by atoms with Crippen LogP contribution < -0.4 is 5.32 Å². The molecule has 2 aliphatic rings. The Morgan fingerprint density at radius 3 is 2.81 bits per heavy atom. The second-order valence-electron chi connectivity index (χ2n) is 5.91. The Hall–Kier alpha value is -2.05. The Kier molecular flexibility index (Phi) is 3.57. The zero-order valence-corrected chi connectivity index (χ0v) is 11.9. The molecule has 2 fully saturated rings. The van der Waals surface area contributed by atoms with Gasteiger partial charge in [-0.2, -0.15) is 0 Å². The normalized spacial score (nSPS) is 25.7. The van der Waals surface area contributed by atoms with Crippen molar-refractivity contribution >= 4 is 12.0 Å². The minimum atomic E-state index is -0.905. The van der Waals surface area contributed by atoms with E-state index in [1.165, 1.54) is 4.90 Å². The van der Waals surface area contributed by atoms with E-state index in [0.717, 1.165) is 18.6 Å². The second kappa shape index (κ2) is 5.38. The van der Waals surface area contributed by atoms with Gasteiger partial charge in [0.25, 0.3) is 5.91 Å². The van der Waals surface area contributed by atoms with Crippen molar-refractivity contribution in [3.8, 4) is 0 Å². The van der Waals surface area contributed by atoms with Gasteiger partial charge in [-0.1, -0.05) is 5.16 Å². The molecule has 7 nitrogen and oxygen atoms in total. The number of piperidine rings is 1. The van der Waals surface area contributed by atoms with Gasteiger partial charge in [0.2, 0.25) is 0 Å². The van der Waals surface area contributed by atoms with Gasteiger partial charge < -0.3 is 19.8 Å². The standard InChI is InChI=1S/C14H19N3O4/c1-8-6-10(4-5-17(8)14(19)20)15-13(18)11-7-12(21-16-11)9-2-3-9/h7-10H,2-6H2,1H3,(H,15,18)(H,19,20)/t8-,10+/m0/s1. The van der Waals surface area contributed by atoms with E-state index in [4.69, 9.17) is 9.63 Å². The Morgan fingerprint density at radius 2 is 2.19 bits per heavy atom. The average Bonchev–Trinajstić information content (AvgIpc) is 3.16. The number of carboxylic acid groups (broad SMARTS) is 1. The van der Waals surface area contributed by atoms with Crippen LogP contribution in [0, 0.1) is 0 Å². The lowest BCUT2D eigenvalue weighted by Crippen LogP contribution is -2.50. The van der Waals surface area contributed by atoms with Crippen LogP contribution in [-0.4, -0.2) is 45.8 Å². The summed E-state index contributed by atoms with van der Waals surface area (Å²) in [6.45, 7) is 2.29. The molecule has 1 saturated carbocycles. The largest absolute Gasteiger partial charge is 0.465 e. The Balaban J connectivity index is 1.56. The lowest BCUT2D eigenvalue weighted by atomic mass is 9.98. The summed E-state index contributed by atoms with van der Waals surface area (Å²) >= 11 is 0. The first kappa shape index (κ1) is 13.9. The molecule has 1 aliphatic carbocycles. The average molecular weight is 293 g/mol. The van der Waals surface area contributed by atoms with Crippen molar-refractivity contribution in [1.82, 2.24) is 15.4 Å². The zero-order chi connectivity index (χ0) is 15.0. The molecule has 2 N–H and O–H groups in total. The maximum atomic E-state index is 12.1. The number of rotatable bonds is 3. The molecule has 21 heavy (non-hydrogen) atoms. The summed E-state index contributed by atoms with van der Waals surface area (Å²) in [7, 11) is 0. The summed E-state index contributed by atoms with van der Waals surface area (Å²) in [5.74, 6) is 0.971. The van der Waals surface area contributed by atoms with Crippen LogP contribution in [0.4, 0.5) is 4.79 Å². The van der Waals surface area contributed by atoms with Gasteiger partial charge in [0.1, 0.15) is 5.76 Å².